The summed E-state index contributed by atoms with van der Waals surface area (Å²) < 4.78 is 4.79. The first-order valence-electron chi connectivity index (χ1n) is 5.94. The lowest BCUT2D eigenvalue weighted by atomic mass is 10.0. The van der Waals surface area contributed by atoms with Gasteiger partial charge in [-0.3, -0.25) is 9.59 Å². The molecule has 0 spiro atoms. The minimum Gasteiger partial charge on any atom is -0.383 e. The van der Waals surface area contributed by atoms with Crippen molar-refractivity contribution in [3.63, 3.8) is 0 Å². The number of rotatable bonds is 6. The zero-order chi connectivity index (χ0) is 12.7. The van der Waals surface area contributed by atoms with Crippen LogP contribution in [0.3, 0.4) is 0 Å². The Hall–Kier alpha value is -0.850. The summed E-state index contributed by atoms with van der Waals surface area (Å²) in [6, 6.07) is -0.0634. The van der Waals surface area contributed by atoms with Crippen LogP contribution in [-0.4, -0.2) is 44.7 Å². The van der Waals surface area contributed by atoms with E-state index >= 15 is 0 Å². The molecule has 1 aliphatic rings. The second-order valence-corrected chi connectivity index (χ2v) is 4.26. The van der Waals surface area contributed by atoms with Gasteiger partial charge in [-0.1, -0.05) is 6.42 Å². The van der Waals surface area contributed by atoms with Crippen molar-refractivity contribution in [2.24, 2.45) is 11.7 Å². The van der Waals surface area contributed by atoms with Crippen LogP contribution < -0.4 is 16.4 Å². The van der Waals surface area contributed by atoms with E-state index < -0.39 is 0 Å². The molecule has 0 bridgehead atoms. The van der Waals surface area contributed by atoms with E-state index in [2.05, 4.69) is 10.6 Å². The first kappa shape index (κ1) is 17.2. The average Bonchev–Trinajstić information content (AvgIpc) is 2.73. The Labute approximate surface area is 113 Å². The molecule has 2 unspecified atom stereocenters. The van der Waals surface area contributed by atoms with Gasteiger partial charge in [-0.15, -0.1) is 12.4 Å². The summed E-state index contributed by atoms with van der Waals surface area (Å²) in [7, 11) is 1.56. The monoisotopic (exact) mass is 279 g/mol. The Bertz CT molecular complexity index is 276. The van der Waals surface area contributed by atoms with Gasteiger partial charge in [0.25, 0.3) is 0 Å². The molecule has 0 aromatic rings. The molecule has 7 heteroatoms. The summed E-state index contributed by atoms with van der Waals surface area (Å²) in [5.74, 6) is -0.458. The van der Waals surface area contributed by atoms with E-state index in [1.807, 2.05) is 0 Å². The first-order chi connectivity index (χ1) is 8.15. The van der Waals surface area contributed by atoms with Gasteiger partial charge in [0, 0.05) is 19.7 Å². The van der Waals surface area contributed by atoms with Crippen LogP contribution in [0.2, 0.25) is 0 Å². The number of nitrogens with one attached hydrogen (secondary N) is 2. The molecule has 0 aromatic carbocycles. The largest absolute Gasteiger partial charge is 0.383 e. The Morgan fingerprint density at radius 2 is 2.06 bits per heavy atom. The molecule has 0 radical (unpaired) electrons. The van der Waals surface area contributed by atoms with E-state index in [9.17, 15) is 9.59 Å². The van der Waals surface area contributed by atoms with Crippen LogP contribution in [0.1, 0.15) is 19.3 Å². The van der Waals surface area contributed by atoms with Gasteiger partial charge in [0.15, 0.2) is 0 Å². The van der Waals surface area contributed by atoms with Gasteiger partial charge in [-0.25, -0.2) is 0 Å². The predicted molar refractivity (Wildman–Crippen MR) is 70.5 cm³/mol. The number of halogens is 1. The lowest BCUT2D eigenvalue weighted by Gasteiger charge is -2.14. The number of carbonyl (C=O) groups excluding carboxylic acids is 2. The van der Waals surface area contributed by atoms with Crippen LogP contribution in [0.15, 0.2) is 0 Å². The van der Waals surface area contributed by atoms with Crippen molar-refractivity contribution in [3.05, 3.63) is 0 Å². The molecular formula is C11H22ClN3O3. The molecule has 0 saturated heterocycles. The van der Waals surface area contributed by atoms with Crippen molar-refractivity contribution in [1.82, 2.24) is 10.6 Å². The lowest BCUT2D eigenvalue weighted by Crippen LogP contribution is -2.43. The van der Waals surface area contributed by atoms with Crippen molar-refractivity contribution in [2.75, 3.05) is 26.8 Å². The summed E-state index contributed by atoms with van der Waals surface area (Å²) in [6.07, 6.45) is 2.69. The molecule has 1 aliphatic carbocycles. The highest BCUT2D eigenvalue weighted by molar-refractivity contribution is 5.86. The smallest absolute Gasteiger partial charge is 0.239 e. The van der Waals surface area contributed by atoms with Gasteiger partial charge in [0.2, 0.25) is 11.8 Å². The van der Waals surface area contributed by atoms with Crippen LogP contribution >= 0.6 is 12.4 Å². The van der Waals surface area contributed by atoms with Gasteiger partial charge < -0.3 is 21.1 Å². The maximum Gasteiger partial charge on any atom is 0.239 e. The topological polar surface area (TPSA) is 93.5 Å². The quantitative estimate of drug-likeness (QED) is 0.567. The molecule has 0 heterocycles. The van der Waals surface area contributed by atoms with Gasteiger partial charge in [0.1, 0.15) is 0 Å². The molecule has 1 saturated carbocycles. The summed E-state index contributed by atoms with van der Waals surface area (Å²) in [5.41, 5.74) is 5.81. The van der Waals surface area contributed by atoms with Gasteiger partial charge >= 0.3 is 0 Å². The molecule has 6 nitrogen and oxygen atoms in total. The number of hydrogen-bond donors (Lipinski definition) is 3. The molecule has 106 valence electrons. The molecule has 2 amide bonds. The molecule has 4 N–H and O–H groups in total. The zero-order valence-corrected chi connectivity index (χ0v) is 11.4. The van der Waals surface area contributed by atoms with Crippen LogP contribution in [-0.2, 0) is 14.3 Å². The first-order valence-corrected chi connectivity index (χ1v) is 5.94. The fourth-order valence-corrected chi connectivity index (χ4v) is 1.97. The minimum atomic E-state index is -0.207. The predicted octanol–water partition coefficient (Wildman–Crippen LogP) is -0.586. The molecule has 0 aromatic heterocycles. The lowest BCUT2D eigenvalue weighted by molar-refractivity contribution is -0.128. The highest BCUT2D eigenvalue weighted by Gasteiger charge is 2.30. The number of nitrogens with two attached hydrogens (primary N) is 1. The molecule has 0 aliphatic heterocycles. The fourth-order valence-electron chi connectivity index (χ4n) is 1.97. The van der Waals surface area contributed by atoms with Crippen molar-refractivity contribution in [2.45, 2.75) is 25.3 Å². The van der Waals surface area contributed by atoms with E-state index in [-0.39, 0.29) is 42.7 Å². The third-order valence-electron chi connectivity index (χ3n) is 2.96. The minimum absolute atomic E-state index is 0. The molecule has 2 atom stereocenters. The van der Waals surface area contributed by atoms with Crippen LogP contribution in [0, 0.1) is 5.92 Å². The van der Waals surface area contributed by atoms with E-state index in [1.54, 1.807) is 7.11 Å². The third-order valence-corrected chi connectivity index (χ3v) is 2.96. The highest BCUT2D eigenvalue weighted by atomic mass is 35.5. The van der Waals surface area contributed by atoms with Crippen molar-refractivity contribution < 1.29 is 14.3 Å². The number of methoxy groups -OCH3 is 1. The summed E-state index contributed by atoms with van der Waals surface area (Å²) in [6.45, 7) is 0.924. The van der Waals surface area contributed by atoms with Crippen molar-refractivity contribution in [3.8, 4) is 0 Å². The number of carbonyl (C=O) groups is 2. The molecule has 18 heavy (non-hydrogen) atoms. The SMILES string of the molecule is COCCNC(=O)CNC(=O)C1CCCC1N.Cl. The standard InChI is InChI=1S/C11H21N3O3.ClH/c1-17-6-5-13-10(15)7-14-11(16)8-3-2-4-9(8)12;/h8-9H,2-7,12H2,1H3,(H,13,15)(H,14,16);1H. The Morgan fingerprint density at radius 1 is 1.33 bits per heavy atom. The van der Waals surface area contributed by atoms with E-state index in [0.717, 1.165) is 19.3 Å². The zero-order valence-electron chi connectivity index (χ0n) is 10.6. The number of amides is 2. The highest BCUT2D eigenvalue weighted by Crippen LogP contribution is 2.23. The van der Waals surface area contributed by atoms with Gasteiger partial charge in [-0.2, -0.15) is 0 Å². The normalized spacial score (nSPS) is 22.1. The van der Waals surface area contributed by atoms with E-state index in [4.69, 9.17) is 10.5 Å². The maximum absolute atomic E-state index is 11.7. The van der Waals surface area contributed by atoms with Crippen LogP contribution in [0.4, 0.5) is 0 Å². The number of hydrogen-bond acceptors (Lipinski definition) is 4. The summed E-state index contributed by atoms with van der Waals surface area (Å²) in [4.78, 5) is 23.0. The summed E-state index contributed by atoms with van der Waals surface area (Å²) in [5, 5.41) is 5.24. The van der Waals surface area contributed by atoms with Crippen molar-refractivity contribution >= 4 is 24.2 Å². The van der Waals surface area contributed by atoms with Crippen LogP contribution in [0.25, 0.3) is 0 Å². The Balaban J connectivity index is 0.00000289. The molecule has 1 fully saturated rings. The Morgan fingerprint density at radius 3 is 2.61 bits per heavy atom. The van der Waals surface area contributed by atoms with Crippen molar-refractivity contribution in [1.29, 1.82) is 0 Å². The molecular weight excluding hydrogens is 258 g/mol. The average molecular weight is 280 g/mol. The second-order valence-electron chi connectivity index (χ2n) is 4.26. The second kappa shape index (κ2) is 9.13. The summed E-state index contributed by atoms with van der Waals surface area (Å²) >= 11 is 0. The fraction of sp³-hybridized carbons (Fsp3) is 0.818. The third kappa shape index (κ3) is 5.66. The van der Waals surface area contributed by atoms with Gasteiger partial charge in [-0.05, 0) is 12.8 Å². The van der Waals surface area contributed by atoms with Crippen LogP contribution in [0.5, 0.6) is 0 Å². The number of ether oxygens (including phenoxy) is 1. The maximum atomic E-state index is 11.7. The van der Waals surface area contributed by atoms with E-state index in [1.165, 1.54) is 0 Å². The Kier molecular flexibility index (Phi) is 8.70. The molecule has 1 rings (SSSR count). The van der Waals surface area contributed by atoms with E-state index in [0.29, 0.717) is 13.2 Å². The van der Waals surface area contributed by atoms with Gasteiger partial charge in [0.05, 0.1) is 19.1 Å².